The third-order valence-electron chi connectivity index (χ3n) is 3.53. The fourth-order valence-corrected chi connectivity index (χ4v) is 3.01. The zero-order valence-electron chi connectivity index (χ0n) is 12.3. The van der Waals surface area contributed by atoms with E-state index in [9.17, 15) is 5.11 Å². The van der Waals surface area contributed by atoms with E-state index in [1.54, 1.807) is 11.3 Å². The van der Waals surface area contributed by atoms with E-state index in [0.29, 0.717) is 18.6 Å². The number of anilines is 1. The first-order valence-corrected chi connectivity index (χ1v) is 7.94. The first-order chi connectivity index (χ1) is 8.97. The molecule has 1 atom stereocenters. The minimum Gasteiger partial charge on any atom is -0.392 e. The van der Waals surface area contributed by atoms with Crippen LogP contribution in [-0.2, 0) is 6.54 Å². The molecule has 0 unspecified atom stereocenters. The molecule has 0 radical (unpaired) electrons. The van der Waals surface area contributed by atoms with Crippen LogP contribution in [0, 0.1) is 0 Å². The monoisotopic (exact) mass is 283 g/mol. The van der Waals surface area contributed by atoms with Gasteiger partial charge in [0.2, 0.25) is 0 Å². The third-order valence-corrected chi connectivity index (χ3v) is 4.51. The Bertz CT molecular complexity index is 401. The largest absolute Gasteiger partial charge is 0.392 e. The highest BCUT2D eigenvalue weighted by Gasteiger charge is 2.28. The van der Waals surface area contributed by atoms with Crippen LogP contribution in [0.15, 0.2) is 5.38 Å². The average molecular weight is 283 g/mol. The second-order valence-corrected chi connectivity index (χ2v) is 6.67. The molecule has 0 aliphatic heterocycles. The SMILES string of the molecule is CC(C)N(Cc1csc(N(C)C2CC2)n1)C[C@@H](C)O. The lowest BCUT2D eigenvalue weighted by molar-refractivity contribution is 0.102. The Hall–Kier alpha value is -0.650. The Labute approximate surface area is 120 Å². The molecular formula is C14H25N3OS. The second kappa shape index (κ2) is 6.20. The van der Waals surface area contributed by atoms with Crippen molar-refractivity contribution in [3.8, 4) is 0 Å². The first kappa shape index (κ1) is 14.8. The van der Waals surface area contributed by atoms with Gasteiger partial charge in [-0.15, -0.1) is 11.3 Å². The number of aliphatic hydroxyl groups is 1. The number of aromatic nitrogens is 1. The quantitative estimate of drug-likeness (QED) is 0.834. The number of hydrogen-bond donors (Lipinski definition) is 1. The zero-order valence-corrected chi connectivity index (χ0v) is 13.2. The summed E-state index contributed by atoms with van der Waals surface area (Å²) in [5.41, 5.74) is 1.11. The summed E-state index contributed by atoms with van der Waals surface area (Å²) in [4.78, 5) is 9.28. The smallest absolute Gasteiger partial charge is 0.185 e. The molecule has 1 N–H and O–H groups in total. The molecule has 19 heavy (non-hydrogen) atoms. The zero-order chi connectivity index (χ0) is 14.0. The summed E-state index contributed by atoms with van der Waals surface area (Å²) in [5.74, 6) is 0. The highest BCUT2D eigenvalue weighted by Crippen LogP contribution is 2.32. The molecular weight excluding hydrogens is 258 g/mol. The van der Waals surface area contributed by atoms with Gasteiger partial charge in [0.25, 0.3) is 0 Å². The van der Waals surface area contributed by atoms with Crippen molar-refractivity contribution in [1.82, 2.24) is 9.88 Å². The lowest BCUT2D eigenvalue weighted by Gasteiger charge is -2.26. The molecule has 4 nitrogen and oxygen atoms in total. The van der Waals surface area contributed by atoms with E-state index in [4.69, 9.17) is 4.98 Å². The van der Waals surface area contributed by atoms with Crippen molar-refractivity contribution in [2.24, 2.45) is 0 Å². The van der Waals surface area contributed by atoms with Crippen LogP contribution in [0.1, 0.15) is 39.3 Å². The van der Waals surface area contributed by atoms with Crippen LogP contribution in [0.2, 0.25) is 0 Å². The van der Waals surface area contributed by atoms with E-state index < -0.39 is 0 Å². The molecule has 2 rings (SSSR count). The van der Waals surface area contributed by atoms with Gasteiger partial charge in [-0.1, -0.05) is 0 Å². The van der Waals surface area contributed by atoms with Gasteiger partial charge in [-0.2, -0.15) is 0 Å². The van der Waals surface area contributed by atoms with Gasteiger partial charge in [-0.05, 0) is 33.6 Å². The first-order valence-electron chi connectivity index (χ1n) is 7.06. The summed E-state index contributed by atoms with van der Waals surface area (Å²) in [6.45, 7) is 7.67. The maximum Gasteiger partial charge on any atom is 0.185 e. The lowest BCUT2D eigenvalue weighted by Crippen LogP contribution is -2.36. The van der Waals surface area contributed by atoms with Crippen LogP contribution in [-0.4, -0.2) is 46.8 Å². The fourth-order valence-electron chi connectivity index (χ4n) is 2.15. The number of aliphatic hydroxyl groups excluding tert-OH is 1. The van der Waals surface area contributed by atoms with Crippen molar-refractivity contribution in [2.45, 2.75) is 58.3 Å². The van der Waals surface area contributed by atoms with Gasteiger partial charge >= 0.3 is 0 Å². The summed E-state index contributed by atoms with van der Waals surface area (Å²) in [5, 5.41) is 12.8. The van der Waals surface area contributed by atoms with E-state index in [1.165, 1.54) is 12.8 Å². The molecule has 0 saturated heterocycles. The molecule has 108 valence electrons. The molecule has 1 heterocycles. The Morgan fingerprint density at radius 1 is 1.42 bits per heavy atom. The molecule has 0 amide bonds. The van der Waals surface area contributed by atoms with Gasteiger partial charge in [-0.25, -0.2) is 4.98 Å². The lowest BCUT2D eigenvalue weighted by atomic mass is 10.2. The third kappa shape index (κ3) is 4.16. The van der Waals surface area contributed by atoms with Gasteiger partial charge in [0.05, 0.1) is 11.8 Å². The molecule has 1 aromatic heterocycles. The standard InChI is InChI=1S/C14H25N3OS/c1-10(2)17(7-11(3)18)8-12-9-19-14(15-12)16(4)13-5-6-13/h9-11,13,18H,5-8H2,1-4H3/t11-/m1/s1. The number of thiazole rings is 1. The van der Waals surface area contributed by atoms with Crippen molar-refractivity contribution >= 4 is 16.5 Å². The Morgan fingerprint density at radius 2 is 2.11 bits per heavy atom. The molecule has 0 bridgehead atoms. The van der Waals surface area contributed by atoms with Crippen LogP contribution >= 0.6 is 11.3 Å². The summed E-state index contributed by atoms with van der Waals surface area (Å²) < 4.78 is 0. The summed E-state index contributed by atoms with van der Waals surface area (Å²) in [7, 11) is 2.14. The molecule has 1 saturated carbocycles. The van der Waals surface area contributed by atoms with E-state index in [-0.39, 0.29) is 6.10 Å². The minimum atomic E-state index is -0.297. The van der Waals surface area contributed by atoms with Crippen LogP contribution in [0.25, 0.3) is 0 Å². The van der Waals surface area contributed by atoms with Gasteiger partial charge in [0.15, 0.2) is 5.13 Å². The molecule has 5 heteroatoms. The van der Waals surface area contributed by atoms with Gasteiger partial charge in [0.1, 0.15) is 0 Å². The predicted molar refractivity (Wildman–Crippen MR) is 80.8 cm³/mol. The number of hydrogen-bond acceptors (Lipinski definition) is 5. The van der Waals surface area contributed by atoms with Crippen molar-refractivity contribution in [2.75, 3.05) is 18.5 Å². The Kier molecular flexibility index (Phi) is 4.81. The normalized spacial score (nSPS) is 17.2. The minimum absolute atomic E-state index is 0.297. The van der Waals surface area contributed by atoms with Crippen molar-refractivity contribution in [1.29, 1.82) is 0 Å². The van der Waals surface area contributed by atoms with Gasteiger partial charge < -0.3 is 10.0 Å². The molecule has 0 aromatic carbocycles. The van der Waals surface area contributed by atoms with E-state index in [2.05, 4.69) is 36.1 Å². The van der Waals surface area contributed by atoms with E-state index >= 15 is 0 Å². The van der Waals surface area contributed by atoms with Crippen LogP contribution in [0.3, 0.4) is 0 Å². The average Bonchev–Trinajstić information content (AvgIpc) is 3.07. The van der Waals surface area contributed by atoms with Crippen molar-refractivity contribution in [3.05, 3.63) is 11.1 Å². The maximum atomic E-state index is 9.56. The van der Waals surface area contributed by atoms with Crippen molar-refractivity contribution < 1.29 is 5.11 Å². The molecule has 1 aliphatic carbocycles. The highest BCUT2D eigenvalue weighted by molar-refractivity contribution is 7.13. The number of rotatable bonds is 7. The highest BCUT2D eigenvalue weighted by atomic mass is 32.1. The fraction of sp³-hybridized carbons (Fsp3) is 0.786. The van der Waals surface area contributed by atoms with E-state index in [1.807, 2.05) is 6.92 Å². The Morgan fingerprint density at radius 3 is 2.63 bits per heavy atom. The summed E-state index contributed by atoms with van der Waals surface area (Å²) >= 11 is 1.72. The van der Waals surface area contributed by atoms with Crippen LogP contribution in [0.5, 0.6) is 0 Å². The summed E-state index contributed by atoms with van der Waals surface area (Å²) in [6, 6.07) is 1.12. The van der Waals surface area contributed by atoms with Crippen LogP contribution < -0.4 is 4.90 Å². The number of nitrogens with zero attached hydrogens (tertiary/aromatic N) is 3. The van der Waals surface area contributed by atoms with Gasteiger partial charge in [-0.3, -0.25) is 4.90 Å². The second-order valence-electron chi connectivity index (χ2n) is 5.84. The van der Waals surface area contributed by atoms with Crippen molar-refractivity contribution in [3.63, 3.8) is 0 Å². The molecule has 1 fully saturated rings. The summed E-state index contributed by atoms with van der Waals surface area (Å²) in [6.07, 6.45) is 2.30. The molecule has 1 aliphatic rings. The van der Waals surface area contributed by atoms with E-state index in [0.717, 1.165) is 17.4 Å². The van der Waals surface area contributed by atoms with Crippen LogP contribution in [0.4, 0.5) is 5.13 Å². The maximum absolute atomic E-state index is 9.56. The van der Waals surface area contributed by atoms with Gasteiger partial charge in [0, 0.05) is 37.6 Å². The predicted octanol–water partition coefficient (Wildman–Crippen LogP) is 2.33. The molecule has 0 spiro atoms. The molecule has 1 aromatic rings. The topological polar surface area (TPSA) is 39.6 Å². The Balaban J connectivity index is 1.96.